The lowest BCUT2D eigenvalue weighted by Crippen LogP contribution is -2.38. The standard InChI is InChI=1S/C19H23N5O/c1-4-18(25)24-10-6-7-15(12-24)16-8-5-9-17(22-16)23-19-20-13(2)11-14(3)21-19/h4-5,8-9,11,15H,1,6-7,10,12H2,2-3H3,(H,20,21,22,23). The zero-order valence-corrected chi connectivity index (χ0v) is 14.7. The number of nitrogens with zero attached hydrogens (tertiary/aromatic N) is 4. The van der Waals surface area contributed by atoms with Gasteiger partial charge in [0.1, 0.15) is 5.82 Å². The average Bonchev–Trinajstić information content (AvgIpc) is 2.60. The van der Waals surface area contributed by atoms with Crippen LogP contribution < -0.4 is 5.32 Å². The summed E-state index contributed by atoms with van der Waals surface area (Å²) in [6.07, 6.45) is 3.38. The van der Waals surface area contributed by atoms with Gasteiger partial charge in [-0.3, -0.25) is 4.79 Å². The second-order valence-corrected chi connectivity index (χ2v) is 6.37. The van der Waals surface area contributed by atoms with E-state index in [-0.39, 0.29) is 11.8 Å². The highest BCUT2D eigenvalue weighted by molar-refractivity contribution is 5.87. The van der Waals surface area contributed by atoms with Crippen LogP contribution in [0.5, 0.6) is 0 Å². The Morgan fingerprint density at radius 3 is 2.76 bits per heavy atom. The monoisotopic (exact) mass is 337 g/mol. The van der Waals surface area contributed by atoms with Crippen LogP contribution in [0, 0.1) is 13.8 Å². The summed E-state index contributed by atoms with van der Waals surface area (Å²) in [6.45, 7) is 8.93. The van der Waals surface area contributed by atoms with Gasteiger partial charge < -0.3 is 10.2 Å². The Bertz CT molecular complexity index is 769. The fourth-order valence-corrected chi connectivity index (χ4v) is 3.19. The number of nitrogens with one attached hydrogen (secondary N) is 1. The average molecular weight is 337 g/mol. The van der Waals surface area contributed by atoms with Crippen LogP contribution in [0.25, 0.3) is 0 Å². The van der Waals surface area contributed by atoms with Crippen molar-refractivity contribution in [2.75, 3.05) is 18.4 Å². The van der Waals surface area contributed by atoms with Crippen LogP contribution >= 0.6 is 0 Å². The topological polar surface area (TPSA) is 71.0 Å². The van der Waals surface area contributed by atoms with Gasteiger partial charge in [0.2, 0.25) is 11.9 Å². The lowest BCUT2D eigenvalue weighted by atomic mass is 9.94. The smallest absolute Gasteiger partial charge is 0.245 e. The Morgan fingerprint density at radius 2 is 2.04 bits per heavy atom. The molecule has 0 radical (unpaired) electrons. The highest BCUT2D eigenvalue weighted by Crippen LogP contribution is 2.27. The molecule has 1 atom stereocenters. The number of likely N-dealkylation sites (tertiary alicyclic amines) is 1. The molecular weight excluding hydrogens is 314 g/mol. The van der Waals surface area contributed by atoms with Gasteiger partial charge in [0.05, 0.1) is 0 Å². The van der Waals surface area contributed by atoms with Crippen LogP contribution in [-0.4, -0.2) is 38.8 Å². The molecule has 0 aromatic carbocycles. The minimum Gasteiger partial charge on any atom is -0.339 e. The number of anilines is 2. The predicted octanol–water partition coefficient (Wildman–Crippen LogP) is 3.12. The third-order valence-corrected chi connectivity index (χ3v) is 4.32. The fraction of sp³-hybridized carbons (Fsp3) is 0.368. The lowest BCUT2D eigenvalue weighted by Gasteiger charge is -2.31. The van der Waals surface area contributed by atoms with Crippen LogP contribution in [0.3, 0.4) is 0 Å². The van der Waals surface area contributed by atoms with E-state index in [1.54, 1.807) is 0 Å². The summed E-state index contributed by atoms with van der Waals surface area (Å²) in [5.41, 5.74) is 2.81. The first kappa shape index (κ1) is 17.1. The minimum absolute atomic E-state index is 0.0115. The van der Waals surface area contributed by atoms with E-state index in [9.17, 15) is 4.79 Å². The van der Waals surface area contributed by atoms with Crippen molar-refractivity contribution in [1.82, 2.24) is 19.9 Å². The zero-order chi connectivity index (χ0) is 17.8. The predicted molar refractivity (Wildman–Crippen MR) is 97.8 cm³/mol. The molecule has 0 spiro atoms. The van der Waals surface area contributed by atoms with Crippen LogP contribution in [0.4, 0.5) is 11.8 Å². The SMILES string of the molecule is C=CC(=O)N1CCCC(c2cccc(Nc3nc(C)cc(C)n3)n2)C1. The number of carbonyl (C=O) groups excluding carboxylic acids is 1. The van der Waals surface area contributed by atoms with Crippen molar-refractivity contribution < 1.29 is 4.79 Å². The molecule has 1 saturated heterocycles. The van der Waals surface area contributed by atoms with Gasteiger partial charge in [0.25, 0.3) is 0 Å². The van der Waals surface area contributed by atoms with Gasteiger partial charge >= 0.3 is 0 Å². The molecular formula is C19H23N5O. The Morgan fingerprint density at radius 1 is 1.28 bits per heavy atom. The summed E-state index contributed by atoms with van der Waals surface area (Å²) in [7, 11) is 0. The first-order valence-corrected chi connectivity index (χ1v) is 8.53. The van der Waals surface area contributed by atoms with E-state index in [0.717, 1.165) is 42.3 Å². The van der Waals surface area contributed by atoms with E-state index in [1.807, 2.05) is 43.0 Å². The molecule has 2 aromatic rings. The highest BCUT2D eigenvalue weighted by atomic mass is 16.2. The molecule has 25 heavy (non-hydrogen) atoms. The molecule has 6 heteroatoms. The summed E-state index contributed by atoms with van der Waals surface area (Å²) in [6, 6.07) is 7.82. The maximum Gasteiger partial charge on any atom is 0.245 e. The van der Waals surface area contributed by atoms with Crippen LogP contribution in [0.1, 0.15) is 35.8 Å². The summed E-state index contributed by atoms with van der Waals surface area (Å²) >= 11 is 0. The van der Waals surface area contributed by atoms with Gasteiger partial charge in [-0.15, -0.1) is 0 Å². The summed E-state index contributed by atoms with van der Waals surface area (Å²) in [4.78, 5) is 27.2. The number of aryl methyl sites for hydroxylation is 2. The number of amides is 1. The van der Waals surface area contributed by atoms with Gasteiger partial charge in [-0.1, -0.05) is 12.6 Å². The molecule has 1 amide bonds. The number of piperidine rings is 1. The Labute approximate surface area is 148 Å². The molecule has 0 aliphatic carbocycles. The lowest BCUT2D eigenvalue weighted by molar-refractivity contribution is -0.127. The molecule has 1 fully saturated rings. The number of rotatable bonds is 4. The van der Waals surface area contributed by atoms with Crippen molar-refractivity contribution in [3.8, 4) is 0 Å². The summed E-state index contributed by atoms with van der Waals surface area (Å²) in [5, 5.41) is 3.18. The molecule has 3 rings (SSSR count). The van der Waals surface area contributed by atoms with Gasteiger partial charge in [-0.05, 0) is 51.0 Å². The first-order valence-electron chi connectivity index (χ1n) is 8.53. The molecule has 130 valence electrons. The van der Waals surface area contributed by atoms with Crippen molar-refractivity contribution in [3.63, 3.8) is 0 Å². The van der Waals surface area contributed by atoms with Crippen LogP contribution in [0.2, 0.25) is 0 Å². The zero-order valence-electron chi connectivity index (χ0n) is 14.7. The number of hydrogen-bond donors (Lipinski definition) is 1. The third kappa shape index (κ3) is 4.21. The Kier molecular flexibility index (Phi) is 5.07. The number of carbonyl (C=O) groups is 1. The quantitative estimate of drug-likeness (QED) is 0.868. The van der Waals surface area contributed by atoms with E-state index in [2.05, 4.69) is 21.9 Å². The van der Waals surface area contributed by atoms with E-state index in [0.29, 0.717) is 12.5 Å². The normalized spacial score (nSPS) is 17.2. The molecule has 0 bridgehead atoms. The summed E-state index contributed by atoms with van der Waals surface area (Å²) in [5.74, 6) is 1.49. The van der Waals surface area contributed by atoms with E-state index >= 15 is 0 Å². The molecule has 1 unspecified atom stereocenters. The molecule has 2 aromatic heterocycles. The minimum atomic E-state index is -0.0115. The van der Waals surface area contributed by atoms with E-state index in [1.165, 1.54) is 6.08 Å². The largest absolute Gasteiger partial charge is 0.339 e. The van der Waals surface area contributed by atoms with Gasteiger partial charge in [-0.2, -0.15) is 0 Å². The summed E-state index contributed by atoms with van der Waals surface area (Å²) < 4.78 is 0. The Balaban J connectivity index is 1.77. The molecule has 1 aliphatic heterocycles. The second-order valence-electron chi connectivity index (χ2n) is 6.37. The molecule has 1 aliphatic rings. The van der Waals surface area contributed by atoms with Gasteiger partial charge in [0.15, 0.2) is 0 Å². The van der Waals surface area contributed by atoms with Gasteiger partial charge in [0, 0.05) is 36.1 Å². The first-order chi connectivity index (χ1) is 12.0. The second kappa shape index (κ2) is 7.42. The molecule has 3 heterocycles. The number of pyridine rings is 1. The third-order valence-electron chi connectivity index (χ3n) is 4.32. The van der Waals surface area contributed by atoms with Crippen molar-refractivity contribution in [1.29, 1.82) is 0 Å². The molecule has 0 saturated carbocycles. The van der Waals surface area contributed by atoms with E-state index < -0.39 is 0 Å². The maximum atomic E-state index is 11.9. The van der Waals surface area contributed by atoms with E-state index in [4.69, 9.17) is 4.98 Å². The Hall–Kier alpha value is -2.76. The molecule has 1 N–H and O–H groups in total. The fourth-order valence-electron chi connectivity index (χ4n) is 3.19. The molecule has 6 nitrogen and oxygen atoms in total. The van der Waals surface area contributed by atoms with Gasteiger partial charge in [-0.25, -0.2) is 15.0 Å². The maximum absolute atomic E-state index is 11.9. The number of aromatic nitrogens is 3. The van der Waals surface area contributed by atoms with Crippen molar-refractivity contribution >= 4 is 17.7 Å². The van der Waals surface area contributed by atoms with Crippen molar-refractivity contribution in [3.05, 3.63) is 54.0 Å². The number of hydrogen-bond acceptors (Lipinski definition) is 5. The van der Waals surface area contributed by atoms with Crippen molar-refractivity contribution in [2.45, 2.75) is 32.6 Å². The highest BCUT2D eigenvalue weighted by Gasteiger charge is 2.24. The van der Waals surface area contributed by atoms with Crippen LogP contribution in [-0.2, 0) is 4.79 Å². The van der Waals surface area contributed by atoms with Crippen molar-refractivity contribution in [2.24, 2.45) is 0 Å². The van der Waals surface area contributed by atoms with Crippen LogP contribution in [0.15, 0.2) is 36.9 Å².